The summed E-state index contributed by atoms with van der Waals surface area (Å²) in [6, 6.07) is 8.63. The van der Waals surface area contributed by atoms with Crippen LogP contribution in [0.4, 0.5) is 0 Å². The molecule has 2 heterocycles. The number of nitriles is 1. The molecule has 2 aromatic heterocycles. The van der Waals surface area contributed by atoms with Gasteiger partial charge < -0.3 is 5.11 Å². The third kappa shape index (κ3) is 2.51. The van der Waals surface area contributed by atoms with E-state index in [0.29, 0.717) is 21.5 Å². The number of rotatable bonds is 3. The zero-order chi connectivity index (χ0) is 17.4. The summed E-state index contributed by atoms with van der Waals surface area (Å²) in [5.74, 6) is -1.15. The van der Waals surface area contributed by atoms with Gasteiger partial charge in [-0.1, -0.05) is 12.1 Å². The number of hydrogen-bond acceptors (Lipinski definition) is 5. The molecule has 0 bridgehead atoms. The van der Waals surface area contributed by atoms with E-state index in [0.717, 1.165) is 15.9 Å². The Bertz CT molecular complexity index is 1130. The van der Waals surface area contributed by atoms with E-state index in [9.17, 15) is 14.4 Å². The molecule has 0 aliphatic rings. The van der Waals surface area contributed by atoms with Crippen LogP contribution in [0, 0.1) is 18.3 Å². The third-order valence-electron chi connectivity index (χ3n) is 3.60. The van der Waals surface area contributed by atoms with E-state index in [2.05, 4.69) is 0 Å². The van der Waals surface area contributed by atoms with E-state index in [1.807, 2.05) is 6.07 Å². The van der Waals surface area contributed by atoms with Crippen molar-refractivity contribution in [2.75, 3.05) is 0 Å². The van der Waals surface area contributed by atoms with Crippen molar-refractivity contribution in [2.45, 2.75) is 13.5 Å². The van der Waals surface area contributed by atoms with Gasteiger partial charge in [-0.2, -0.15) is 5.26 Å². The fourth-order valence-electron chi connectivity index (χ4n) is 2.43. The van der Waals surface area contributed by atoms with Crippen molar-refractivity contribution >= 4 is 22.1 Å². The molecule has 0 fully saturated rings. The SMILES string of the molecule is Cc1c(=O)n(Cc2cccc(C#N)c2)c(=O)n2cc(C(=O)O)sc12. The Morgan fingerprint density at radius 2 is 2.12 bits per heavy atom. The number of nitrogens with zero attached hydrogens (tertiary/aromatic N) is 3. The second kappa shape index (κ2) is 5.79. The molecule has 0 radical (unpaired) electrons. The number of aryl methyl sites for hydroxylation is 1. The van der Waals surface area contributed by atoms with Gasteiger partial charge in [0.05, 0.1) is 18.2 Å². The maximum absolute atomic E-state index is 12.6. The van der Waals surface area contributed by atoms with E-state index in [1.165, 1.54) is 10.6 Å². The first kappa shape index (κ1) is 15.7. The normalized spacial score (nSPS) is 10.7. The highest BCUT2D eigenvalue weighted by Gasteiger charge is 2.17. The van der Waals surface area contributed by atoms with Crippen LogP contribution < -0.4 is 11.2 Å². The Hall–Kier alpha value is -3.18. The number of benzene rings is 1. The fraction of sp³-hybridized carbons (Fsp3) is 0.125. The first-order chi connectivity index (χ1) is 11.4. The highest BCUT2D eigenvalue weighted by molar-refractivity contribution is 7.19. The van der Waals surface area contributed by atoms with E-state index < -0.39 is 17.2 Å². The van der Waals surface area contributed by atoms with Crippen LogP contribution in [0.25, 0.3) is 4.83 Å². The molecule has 0 spiro atoms. The minimum atomic E-state index is -1.15. The zero-order valence-electron chi connectivity index (χ0n) is 12.5. The highest BCUT2D eigenvalue weighted by atomic mass is 32.1. The van der Waals surface area contributed by atoms with Gasteiger partial charge in [0.15, 0.2) is 0 Å². The van der Waals surface area contributed by atoms with Gasteiger partial charge in [-0.25, -0.2) is 9.59 Å². The van der Waals surface area contributed by atoms with Crippen LogP contribution in [0.1, 0.15) is 26.4 Å². The summed E-state index contributed by atoms with van der Waals surface area (Å²) in [4.78, 5) is 36.5. The Labute approximate surface area is 139 Å². The number of fused-ring (bicyclic) bond motifs is 1. The van der Waals surface area contributed by atoms with Crippen LogP contribution >= 0.6 is 11.3 Å². The zero-order valence-corrected chi connectivity index (χ0v) is 13.3. The van der Waals surface area contributed by atoms with E-state index in [1.54, 1.807) is 31.2 Å². The van der Waals surface area contributed by atoms with Crippen molar-refractivity contribution in [1.82, 2.24) is 8.97 Å². The summed E-state index contributed by atoms with van der Waals surface area (Å²) in [5, 5.41) is 18.0. The van der Waals surface area contributed by atoms with Gasteiger partial charge in [0.1, 0.15) is 9.71 Å². The Morgan fingerprint density at radius 1 is 1.38 bits per heavy atom. The van der Waals surface area contributed by atoms with Gasteiger partial charge in [0, 0.05) is 11.8 Å². The smallest absolute Gasteiger partial charge is 0.347 e. The average Bonchev–Trinajstić information content (AvgIpc) is 3.03. The molecule has 7 nitrogen and oxygen atoms in total. The molecule has 120 valence electrons. The minimum Gasteiger partial charge on any atom is -0.477 e. The summed E-state index contributed by atoms with van der Waals surface area (Å²) < 4.78 is 2.22. The summed E-state index contributed by atoms with van der Waals surface area (Å²) in [6.07, 6.45) is 1.22. The Balaban J connectivity index is 2.21. The number of aromatic carboxylic acids is 1. The van der Waals surface area contributed by atoms with E-state index in [-0.39, 0.29) is 11.4 Å². The first-order valence-electron chi connectivity index (χ1n) is 6.90. The second-order valence-corrected chi connectivity index (χ2v) is 6.22. The molecule has 3 rings (SSSR count). The Morgan fingerprint density at radius 3 is 2.79 bits per heavy atom. The summed E-state index contributed by atoms with van der Waals surface area (Å²) in [7, 11) is 0. The highest BCUT2D eigenvalue weighted by Crippen LogP contribution is 2.18. The molecule has 3 aromatic rings. The fourth-order valence-corrected chi connectivity index (χ4v) is 3.35. The van der Waals surface area contributed by atoms with Gasteiger partial charge in [0.25, 0.3) is 5.56 Å². The molecular weight excluding hydrogens is 330 g/mol. The number of thiazole rings is 1. The number of hydrogen-bond donors (Lipinski definition) is 1. The van der Waals surface area contributed by atoms with Gasteiger partial charge in [-0.3, -0.25) is 13.8 Å². The van der Waals surface area contributed by atoms with Crippen molar-refractivity contribution in [3.8, 4) is 6.07 Å². The molecule has 0 atom stereocenters. The lowest BCUT2D eigenvalue weighted by molar-refractivity contribution is 0.0701. The number of carbonyl (C=O) groups is 1. The molecular formula is C16H11N3O4S. The van der Waals surface area contributed by atoms with Crippen LogP contribution in [-0.4, -0.2) is 20.0 Å². The number of aromatic nitrogens is 2. The Kier molecular flexibility index (Phi) is 3.79. The van der Waals surface area contributed by atoms with Crippen molar-refractivity contribution in [1.29, 1.82) is 5.26 Å². The molecule has 0 unspecified atom stereocenters. The van der Waals surface area contributed by atoms with Crippen molar-refractivity contribution in [3.63, 3.8) is 0 Å². The van der Waals surface area contributed by atoms with Gasteiger partial charge in [-0.15, -0.1) is 11.3 Å². The molecule has 0 aliphatic carbocycles. The standard InChI is InChI=1S/C16H11N3O4S/c1-9-13(20)18(7-11-4-2-3-10(5-11)6-17)16(23)19-8-12(15(21)22)24-14(9)19/h2-5,8H,7H2,1H3,(H,21,22). The molecule has 1 aromatic carbocycles. The topological polar surface area (TPSA) is 105 Å². The van der Waals surface area contributed by atoms with Crippen LogP contribution in [0.2, 0.25) is 0 Å². The predicted molar refractivity (Wildman–Crippen MR) is 87.8 cm³/mol. The van der Waals surface area contributed by atoms with Crippen LogP contribution in [0.3, 0.4) is 0 Å². The molecule has 8 heteroatoms. The third-order valence-corrected chi connectivity index (χ3v) is 4.80. The van der Waals surface area contributed by atoms with Crippen molar-refractivity contribution in [3.05, 3.63) is 72.9 Å². The molecule has 0 amide bonds. The number of carboxylic acid groups (broad SMARTS) is 1. The lowest BCUT2D eigenvalue weighted by Gasteiger charge is -2.07. The van der Waals surface area contributed by atoms with Crippen molar-refractivity contribution < 1.29 is 9.90 Å². The minimum absolute atomic E-state index is 0.00914. The van der Waals surface area contributed by atoms with Crippen molar-refractivity contribution in [2.24, 2.45) is 0 Å². The summed E-state index contributed by atoms with van der Waals surface area (Å²) >= 11 is 0.888. The van der Waals surface area contributed by atoms with Gasteiger partial charge >= 0.3 is 11.7 Å². The first-order valence-corrected chi connectivity index (χ1v) is 7.72. The second-order valence-electron chi connectivity index (χ2n) is 5.19. The molecule has 0 saturated carbocycles. The molecule has 0 aliphatic heterocycles. The molecule has 1 N–H and O–H groups in total. The monoisotopic (exact) mass is 341 g/mol. The largest absolute Gasteiger partial charge is 0.477 e. The number of carboxylic acids is 1. The lowest BCUT2D eigenvalue weighted by Crippen LogP contribution is -2.38. The maximum atomic E-state index is 12.6. The van der Waals surface area contributed by atoms with E-state index >= 15 is 0 Å². The molecule has 0 saturated heterocycles. The van der Waals surface area contributed by atoms with Crippen LogP contribution in [0.15, 0.2) is 40.1 Å². The van der Waals surface area contributed by atoms with E-state index in [4.69, 9.17) is 10.4 Å². The lowest BCUT2D eigenvalue weighted by atomic mass is 10.1. The molecule has 24 heavy (non-hydrogen) atoms. The summed E-state index contributed by atoms with van der Waals surface area (Å²) in [5.41, 5.74) is 0.305. The van der Waals surface area contributed by atoms with Gasteiger partial charge in [0.2, 0.25) is 0 Å². The maximum Gasteiger partial charge on any atom is 0.347 e. The average molecular weight is 341 g/mol. The van der Waals surface area contributed by atoms with Gasteiger partial charge in [-0.05, 0) is 24.6 Å². The quantitative estimate of drug-likeness (QED) is 0.776. The summed E-state index contributed by atoms with van der Waals surface area (Å²) in [6.45, 7) is 1.57. The predicted octanol–water partition coefficient (Wildman–Crippen LogP) is 1.45. The van der Waals surface area contributed by atoms with Crippen LogP contribution in [0.5, 0.6) is 0 Å². The van der Waals surface area contributed by atoms with Crippen LogP contribution in [-0.2, 0) is 6.54 Å².